The van der Waals surface area contributed by atoms with Crippen molar-refractivity contribution in [2.45, 2.75) is 58.3 Å². The van der Waals surface area contributed by atoms with E-state index in [1.165, 1.54) is 57.1 Å². The number of carbonyl (C=O) groups is 2. The molecule has 0 spiro atoms. The Balaban J connectivity index is 1.69. The Morgan fingerprint density at radius 3 is 1.52 bits per heavy atom. The average Bonchev–Trinajstić information content (AvgIpc) is 3.04. The van der Waals surface area contributed by atoms with Crippen LogP contribution in [0.2, 0.25) is 0 Å². The summed E-state index contributed by atoms with van der Waals surface area (Å²) < 4.78 is 21.8. The van der Waals surface area contributed by atoms with Gasteiger partial charge in [0.1, 0.15) is 0 Å². The van der Waals surface area contributed by atoms with Gasteiger partial charge in [0.2, 0.25) is 0 Å². The molecule has 0 N–H and O–H groups in total. The average molecular weight is 414 g/mol. The molecule has 0 saturated heterocycles. The summed E-state index contributed by atoms with van der Waals surface area (Å²) in [7, 11) is 0. The van der Waals surface area contributed by atoms with Crippen LogP contribution in [0.1, 0.15) is 58.3 Å². The summed E-state index contributed by atoms with van der Waals surface area (Å²) in [6.07, 6.45) is 13.0. The number of imide groups is 1. The van der Waals surface area contributed by atoms with Gasteiger partial charge in [-0.3, -0.25) is 14.5 Å². The largest absolute Gasteiger partial charge is 0.379 e. The predicted molar refractivity (Wildman–Crippen MR) is 112 cm³/mol. The van der Waals surface area contributed by atoms with Crippen LogP contribution in [-0.2, 0) is 28.5 Å². The molecule has 168 valence electrons. The van der Waals surface area contributed by atoms with Gasteiger partial charge in [-0.15, -0.1) is 0 Å². The summed E-state index contributed by atoms with van der Waals surface area (Å²) in [5.41, 5.74) is 0. The lowest BCUT2D eigenvalue weighted by molar-refractivity contribution is -0.137. The van der Waals surface area contributed by atoms with Crippen LogP contribution in [0, 0.1) is 0 Å². The number of rotatable bonds is 21. The third kappa shape index (κ3) is 14.4. The molecular weight excluding hydrogens is 374 g/mol. The minimum Gasteiger partial charge on any atom is -0.379 e. The van der Waals surface area contributed by atoms with E-state index < -0.39 is 0 Å². The number of hydrogen-bond donors (Lipinski definition) is 0. The lowest BCUT2D eigenvalue weighted by atomic mass is 10.1. The van der Waals surface area contributed by atoms with Crippen molar-refractivity contribution >= 4 is 11.8 Å². The highest BCUT2D eigenvalue weighted by Crippen LogP contribution is 2.08. The van der Waals surface area contributed by atoms with Crippen LogP contribution in [0.4, 0.5) is 0 Å². The molecule has 7 nitrogen and oxygen atoms in total. The fourth-order valence-corrected chi connectivity index (χ4v) is 2.91. The van der Waals surface area contributed by atoms with Crippen molar-refractivity contribution in [1.29, 1.82) is 0 Å². The lowest BCUT2D eigenvalue weighted by Gasteiger charge is -2.13. The van der Waals surface area contributed by atoms with Crippen molar-refractivity contribution in [2.24, 2.45) is 0 Å². The van der Waals surface area contributed by atoms with Gasteiger partial charge in [0, 0.05) is 18.8 Å². The van der Waals surface area contributed by atoms with E-state index in [0.29, 0.717) is 46.2 Å². The molecule has 0 unspecified atom stereocenters. The number of carbonyl (C=O) groups excluding carboxylic acids is 2. The smallest absolute Gasteiger partial charge is 0.253 e. The first-order valence-electron chi connectivity index (χ1n) is 11.1. The topological polar surface area (TPSA) is 74.3 Å². The molecule has 1 aliphatic rings. The van der Waals surface area contributed by atoms with Gasteiger partial charge in [-0.25, -0.2) is 0 Å². The normalized spacial score (nSPS) is 13.8. The van der Waals surface area contributed by atoms with Gasteiger partial charge in [-0.1, -0.05) is 51.9 Å². The van der Waals surface area contributed by atoms with Gasteiger partial charge in [0.15, 0.2) is 0 Å². The van der Waals surface area contributed by atoms with Crippen LogP contribution in [-0.4, -0.2) is 76.1 Å². The Morgan fingerprint density at radius 1 is 0.586 bits per heavy atom. The van der Waals surface area contributed by atoms with Crippen molar-refractivity contribution < 1.29 is 28.5 Å². The van der Waals surface area contributed by atoms with Gasteiger partial charge in [-0.2, -0.15) is 0 Å². The van der Waals surface area contributed by atoms with E-state index in [9.17, 15) is 9.59 Å². The van der Waals surface area contributed by atoms with Crippen LogP contribution >= 0.6 is 0 Å². The van der Waals surface area contributed by atoms with Crippen molar-refractivity contribution in [3.05, 3.63) is 12.2 Å². The van der Waals surface area contributed by atoms with Crippen LogP contribution in [0.5, 0.6) is 0 Å². The van der Waals surface area contributed by atoms with Gasteiger partial charge >= 0.3 is 0 Å². The first-order chi connectivity index (χ1) is 14.3. The van der Waals surface area contributed by atoms with Crippen molar-refractivity contribution in [2.75, 3.05) is 59.4 Å². The highest BCUT2D eigenvalue weighted by Gasteiger charge is 2.22. The molecule has 29 heavy (non-hydrogen) atoms. The van der Waals surface area contributed by atoms with E-state index in [1.54, 1.807) is 0 Å². The van der Waals surface area contributed by atoms with Crippen molar-refractivity contribution in [3.63, 3.8) is 0 Å². The van der Waals surface area contributed by atoms with E-state index in [1.807, 2.05) is 0 Å². The summed E-state index contributed by atoms with van der Waals surface area (Å²) >= 11 is 0. The lowest BCUT2D eigenvalue weighted by Crippen LogP contribution is -2.33. The standard InChI is InChI=1S/C22H39NO6/c1-2-3-4-5-6-7-8-9-13-26-15-17-28-19-20-29-18-16-27-14-12-23-21(24)10-11-22(23)25/h10-11H,2-9,12-20H2,1H3. The second-order valence-electron chi connectivity index (χ2n) is 7.09. The summed E-state index contributed by atoms with van der Waals surface area (Å²) in [6, 6.07) is 0. The highest BCUT2D eigenvalue weighted by molar-refractivity contribution is 6.12. The van der Waals surface area contributed by atoms with E-state index in [2.05, 4.69) is 6.92 Å². The van der Waals surface area contributed by atoms with Crippen LogP contribution in [0.3, 0.4) is 0 Å². The van der Waals surface area contributed by atoms with Gasteiger partial charge in [0.25, 0.3) is 11.8 Å². The zero-order valence-corrected chi connectivity index (χ0v) is 18.1. The summed E-state index contributed by atoms with van der Waals surface area (Å²) in [5, 5.41) is 0. The summed E-state index contributed by atoms with van der Waals surface area (Å²) in [6.45, 7) is 6.78. The molecule has 0 saturated carbocycles. The number of ether oxygens (including phenoxy) is 4. The number of unbranched alkanes of at least 4 members (excludes halogenated alkanes) is 7. The molecule has 0 radical (unpaired) electrons. The number of hydrogen-bond acceptors (Lipinski definition) is 6. The first-order valence-corrected chi connectivity index (χ1v) is 11.1. The maximum Gasteiger partial charge on any atom is 0.253 e. The molecule has 1 aliphatic heterocycles. The van der Waals surface area contributed by atoms with E-state index in [0.717, 1.165) is 17.9 Å². The summed E-state index contributed by atoms with van der Waals surface area (Å²) in [4.78, 5) is 23.8. The SMILES string of the molecule is CCCCCCCCCCOCCOCCOCCOCCN1C(=O)C=CC1=O. The highest BCUT2D eigenvalue weighted by atomic mass is 16.6. The minimum atomic E-state index is -0.284. The third-order valence-electron chi connectivity index (χ3n) is 4.62. The van der Waals surface area contributed by atoms with Gasteiger partial charge < -0.3 is 18.9 Å². The van der Waals surface area contributed by atoms with Crippen LogP contribution < -0.4 is 0 Å². The molecule has 1 heterocycles. The molecule has 0 aliphatic carbocycles. The Morgan fingerprint density at radius 2 is 1.00 bits per heavy atom. The first kappa shape index (κ1) is 25.8. The molecule has 7 heteroatoms. The molecule has 1 rings (SSSR count). The minimum absolute atomic E-state index is 0.271. The zero-order chi connectivity index (χ0) is 21.0. The second kappa shape index (κ2) is 18.7. The number of amides is 2. The molecule has 2 amide bonds. The maximum atomic E-state index is 11.3. The zero-order valence-electron chi connectivity index (χ0n) is 18.1. The maximum absolute atomic E-state index is 11.3. The fourth-order valence-electron chi connectivity index (χ4n) is 2.91. The quantitative estimate of drug-likeness (QED) is 0.213. The molecule has 0 aromatic carbocycles. The molecule has 0 atom stereocenters. The predicted octanol–water partition coefficient (Wildman–Crippen LogP) is 3.12. The van der Waals surface area contributed by atoms with Crippen LogP contribution in [0.25, 0.3) is 0 Å². The van der Waals surface area contributed by atoms with Crippen molar-refractivity contribution in [3.8, 4) is 0 Å². The van der Waals surface area contributed by atoms with Gasteiger partial charge in [0.05, 0.1) is 52.8 Å². The third-order valence-corrected chi connectivity index (χ3v) is 4.62. The Labute approximate surface area is 175 Å². The molecular formula is C22H39NO6. The van der Waals surface area contributed by atoms with E-state index in [-0.39, 0.29) is 18.4 Å². The van der Waals surface area contributed by atoms with E-state index in [4.69, 9.17) is 18.9 Å². The number of nitrogens with zero attached hydrogens (tertiary/aromatic N) is 1. The molecule has 0 bridgehead atoms. The fraction of sp³-hybridized carbons (Fsp3) is 0.818. The molecule has 0 aromatic heterocycles. The van der Waals surface area contributed by atoms with Crippen molar-refractivity contribution in [1.82, 2.24) is 4.90 Å². The monoisotopic (exact) mass is 413 g/mol. The summed E-state index contributed by atoms with van der Waals surface area (Å²) in [5.74, 6) is -0.567. The Kier molecular flexibility index (Phi) is 16.6. The van der Waals surface area contributed by atoms with E-state index >= 15 is 0 Å². The second-order valence-corrected chi connectivity index (χ2v) is 7.09. The molecule has 0 fully saturated rings. The Bertz CT molecular complexity index is 437. The van der Waals surface area contributed by atoms with Crippen LogP contribution in [0.15, 0.2) is 12.2 Å². The Hall–Kier alpha value is -1.28. The molecule has 0 aromatic rings. The van der Waals surface area contributed by atoms with Gasteiger partial charge in [-0.05, 0) is 6.42 Å².